The van der Waals surface area contributed by atoms with E-state index in [4.69, 9.17) is 0 Å². The standard InChI is InChI=1S/C18H26N2O2S/c1-5-17(21)19-7-6-9-23(4)10-8-20-18(22)16-12-14(2)11-15(3)13-16/h5,11-13H,1,6-10H2,2-4H3,(H-,19,20,21,22)/p+1. The van der Waals surface area contributed by atoms with Crippen molar-refractivity contribution in [2.24, 2.45) is 0 Å². The molecule has 2 N–H and O–H groups in total. The number of benzene rings is 1. The maximum atomic E-state index is 12.1. The first-order valence-corrected chi connectivity index (χ1v) is 9.75. The molecule has 0 fully saturated rings. The Morgan fingerprint density at radius 3 is 2.35 bits per heavy atom. The third-order valence-electron chi connectivity index (χ3n) is 3.37. The quantitative estimate of drug-likeness (QED) is 0.412. The summed E-state index contributed by atoms with van der Waals surface area (Å²) in [6, 6.07) is 5.89. The van der Waals surface area contributed by atoms with Gasteiger partial charge in [-0.25, -0.2) is 0 Å². The molecule has 0 bridgehead atoms. The van der Waals surface area contributed by atoms with E-state index in [9.17, 15) is 9.59 Å². The van der Waals surface area contributed by atoms with Gasteiger partial charge in [0.2, 0.25) is 5.91 Å². The lowest BCUT2D eigenvalue weighted by atomic mass is 10.1. The monoisotopic (exact) mass is 335 g/mol. The van der Waals surface area contributed by atoms with Crippen LogP contribution in [0.15, 0.2) is 30.9 Å². The summed E-state index contributed by atoms with van der Waals surface area (Å²) < 4.78 is 0. The molecule has 0 saturated heterocycles. The Balaban J connectivity index is 2.23. The van der Waals surface area contributed by atoms with Gasteiger partial charge in [0.1, 0.15) is 11.5 Å². The molecule has 1 atom stereocenters. The third-order valence-corrected chi connectivity index (χ3v) is 5.26. The molecule has 0 radical (unpaired) electrons. The minimum Gasteiger partial charge on any atom is -0.352 e. The van der Waals surface area contributed by atoms with Gasteiger partial charge in [-0.1, -0.05) is 23.8 Å². The van der Waals surface area contributed by atoms with Crippen molar-refractivity contribution in [3.63, 3.8) is 0 Å². The van der Waals surface area contributed by atoms with Crippen molar-refractivity contribution >= 4 is 22.7 Å². The third kappa shape index (κ3) is 7.88. The highest BCUT2D eigenvalue weighted by molar-refractivity contribution is 7.96. The Hall–Kier alpha value is -1.75. The van der Waals surface area contributed by atoms with Gasteiger partial charge in [-0.3, -0.25) is 9.59 Å². The molecule has 0 aliphatic rings. The molecule has 126 valence electrons. The Labute approximate surface area is 142 Å². The zero-order valence-corrected chi connectivity index (χ0v) is 15.1. The number of carbonyl (C=O) groups is 2. The molecule has 0 saturated carbocycles. The van der Waals surface area contributed by atoms with Gasteiger partial charge in [-0.2, -0.15) is 0 Å². The van der Waals surface area contributed by atoms with Gasteiger partial charge in [0, 0.05) is 18.5 Å². The second kappa shape index (κ2) is 10.1. The van der Waals surface area contributed by atoms with E-state index < -0.39 is 0 Å². The number of aryl methyl sites for hydroxylation is 2. The second-order valence-corrected chi connectivity index (χ2v) is 8.05. The van der Waals surface area contributed by atoms with Gasteiger partial charge in [0.15, 0.2) is 0 Å². The van der Waals surface area contributed by atoms with E-state index in [0.29, 0.717) is 13.1 Å². The minimum absolute atomic E-state index is 0.00736. The first-order valence-electron chi connectivity index (χ1n) is 7.78. The largest absolute Gasteiger partial charge is 0.352 e. The molecule has 23 heavy (non-hydrogen) atoms. The van der Waals surface area contributed by atoms with E-state index in [1.54, 1.807) is 0 Å². The molecule has 4 nitrogen and oxygen atoms in total. The van der Waals surface area contributed by atoms with Gasteiger partial charge in [-0.15, -0.1) is 0 Å². The molecule has 1 aromatic rings. The van der Waals surface area contributed by atoms with Gasteiger partial charge in [0.25, 0.3) is 5.91 Å². The van der Waals surface area contributed by atoms with Crippen LogP contribution in [-0.4, -0.2) is 42.7 Å². The van der Waals surface area contributed by atoms with Crippen molar-refractivity contribution in [2.75, 3.05) is 30.9 Å². The molecule has 2 amide bonds. The molecule has 5 heteroatoms. The first kappa shape index (κ1) is 19.3. The highest BCUT2D eigenvalue weighted by Crippen LogP contribution is 2.08. The lowest BCUT2D eigenvalue weighted by Gasteiger charge is -2.08. The Morgan fingerprint density at radius 1 is 1.09 bits per heavy atom. The van der Waals surface area contributed by atoms with Gasteiger partial charge in [-0.05, 0) is 43.0 Å². The molecule has 1 unspecified atom stereocenters. The summed E-state index contributed by atoms with van der Waals surface area (Å²) in [5.41, 5.74) is 2.93. The molecule has 0 heterocycles. The fraction of sp³-hybridized carbons (Fsp3) is 0.444. The van der Waals surface area contributed by atoms with Crippen molar-refractivity contribution in [3.8, 4) is 0 Å². The number of rotatable bonds is 9. The molecule has 1 aromatic carbocycles. The van der Waals surface area contributed by atoms with E-state index in [1.165, 1.54) is 6.08 Å². The van der Waals surface area contributed by atoms with Gasteiger partial charge < -0.3 is 10.6 Å². The van der Waals surface area contributed by atoms with Crippen LogP contribution in [0.25, 0.3) is 0 Å². The van der Waals surface area contributed by atoms with Crippen LogP contribution in [0.4, 0.5) is 0 Å². The number of hydrogen-bond acceptors (Lipinski definition) is 2. The van der Waals surface area contributed by atoms with Crippen LogP contribution in [0.1, 0.15) is 27.9 Å². The molecular formula is C18H27N2O2S+. The fourth-order valence-corrected chi connectivity index (χ4v) is 3.54. The molecule has 0 aliphatic heterocycles. The highest BCUT2D eigenvalue weighted by Gasteiger charge is 2.12. The Kier molecular flexibility index (Phi) is 8.48. The summed E-state index contributed by atoms with van der Waals surface area (Å²) in [5.74, 6) is 1.89. The van der Waals surface area contributed by atoms with Gasteiger partial charge in [0.05, 0.1) is 12.8 Å². The van der Waals surface area contributed by atoms with Crippen molar-refractivity contribution in [3.05, 3.63) is 47.5 Å². The number of hydrogen-bond donors (Lipinski definition) is 2. The lowest BCUT2D eigenvalue weighted by molar-refractivity contribution is -0.116. The average molecular weight is 335 g/mol. The Bertz CT molecular complexity index is 538. The summed E-state index contributed by atoms with van der Waals surface area (Å²) in [5, 5.41) is 5.76. The minimum atomic E-state index is -0.123. The first-order chi connectivity index (χ1) is 10.9. The van der Waals surface area contributed by atoms with E-state index in [-0.39, 0.29) is 22.7 Å². The average Bonchev–Trinajstić information content (AvgIpc) is 2.50. The molecular weight excluding hydrogens is 308 g/mol. The van der Waals surface area contributed by atoms with E-state index in [2.05, 4.69) is 29.5 Å². The maximum absolute atomic E-state index is 12.1. The molecule has 1 rings (SSSR count). The van der Waals surface area contributed by atoms with Crippen molar-refractivity contribution in [1.29, 1.82) is 0 Å². The molecule has 0 aliphatic carbocycles. The van der Waals surface area contributed by atoms with Crippen LogP contribution < -0.4 is 10.6 Å². The smallest absolute Gasteiger partial charge is 0.251 e. The Morgan fingerprint density at radius 2 is 1.74 bits per heavy atom. The number of nitrogens with one attached hydrogen (secondary N) is 2. The predicted octanol–water partition coefficient (Wildman–Crippen LogP) is 1.97. The van der Waals surface area contributed by atoms with Crippen LogP contribution in [0, 0.1) is 13.8 Å². The van der Waals surface area contributed by atoms with Crippen LogP contribution in [0.3, 0.4) is 0 Å². The van der Waals surface area contributed by atoms with Crippen molar-refractivity contribution in [1.82, 2.24) is 10.6 Å². The van der Waals surface area contributed by atoms with E-state index in [1.807, 2.05) is 26.0 Å². The summed E-state index contributed by atoms with van der Waals surface area (Å²) >= 11 is 0. The van der Waals surface area contributed by atoms with Crippen molar-refractivity contribution < 1.29 is 9.59 Å². The lowest BCUT2D eigenvalue weighted by Crippen LogP contribution is -2.30. The topological polar surface area (TPSA) is 58.2 Å². The maximum Gasteiger partial charge on any atom is 0.251 e. The van der Waals surface area contributed by atoms with E-state index >= 15 is 0 Å². The van der Waals surface area contributed by atoms with Crippen LogP contribution in [0.2, 0.25) is 0 Å². The molecule has 0 aromatic heterocycles. The summed E-state index contributed by atoms with van der Waals surface area (Å²) in [6.07, 6.45) is 4.43. The number of carbonyl (C=O) groups excluding carboxylic acids is 2. The van der Waals surface area contributed by atoms with E-state index in [0.717, 1.165) is 34.6 Å². The van der Waals surface area contributed by atoms with Crippen LogP contribution >= 0.6 is 0 Å². The predicted molar refractivity (Wildman–Crippen MR) is 99.1 cm³/mol. The molecule has 0 spiro atoms. The summed E-state index contributed by atoms with van der Waals surface area (Å²) in [7, 11) is 0.240. The number of amides is 2. The van der Waals surface area contributed by atoms with Crippen molar-refractivity contribution in [2.45, 2.75) is 20.3 Å². The summed E-state index contributed by atoms with van der Waals surface area (Å²) in [6.45, 7) is 8.78. The highest BCUT2D eigenvalue weighted by atomic mass is 32.2. The summed E-state index contributed by atoms with van der Waals surface area (Å²) in [4.78, 5) is 23.1. The SMILES string of the molecule is C=CC(=O)NCCC[S+](C)CCNC(=O)c1cc(C)cc(C)c1. The zero-order chi connectivity index (χ0) is 17.2. The second-order valence-electron chi connectivity index (χ2n) is 5.67. The van der Waals surface area contributed by atoms with Crippen LogP contribution in [-0.2, 0) is 15.7 Å². The fourth-order valence-electron chi connectivity index (χ4n) is 2.25. The van der Waals surface area contributed by atoms with Crippen LogP contribution in [0.5, 0.6) is 0 Å². The normalized spacial score (nSPS) is 11.6. The zero-order valence-electron chi connectivity index (χ0n) is 14.3. The van der Waals surface area contributed by atoms with Gasteiger partial charge >= 0.3 is 0 Å².